The summed E-state index contributed by atoms with van der Waals surface area (Å²) >= 11 is 7.12. The van der Waals surface area contributed by atoms with Crippen molar-refractivity contribution in [2.75, 3.05) is 6.54 Å². The third-order valence-electron chi connectivity index (χ3n) is 3.21. The van der Waals surface area contributed by atoms with Gasteiger partial charge in [0.05, 0.1) is 16.3 Å². The average molecular weight is 367 g/mol. The first-order valence-electron chi connectivity index (χ1n) is 6.57. The van der Waals surface area contributed by atoms with Crippen molar-refractivity contribution in [3.05, 3.63) is 50.1 Å². The lowest BCUT2D eigenvalue weighted by atomic mass is 10.0. The Hall–Kier alpha value is -0.750. The van der Waals surface area contributed by atoms with Gasteiger partial charge in [-0.2, -0.15) is 11.3 Å². The maximum Gasteiger partial charge on any atom is 0.0809 e. The summed E-state index contributed by atoms with van der Waals surface area (Å²) in [6.45, 7) is 3.18. The highest BCUT2D eigenvalue weighted by Crippen LogP contribution is 2.33. The van der Waals surface area contributed by atoms with E-state index in [1.807, 2.05) is 6.20 Å². The smallest absolute Gasteiger partial charge is 0.0809 e. The molecule has 5 heteroatoms. The Labute approximate surface area is 135 Å². The summed E-state index contributed by atoms with van der Waals surface area (Å²) in [4.78, 5) is 4.57. The zero-order chi connectivity index (χ0) is 13.9. The van der Waals surface area contributed by atoms with E-state index in [4.69, 9.17) is 0 Å². The molecule has 3 aromatic heterocycles. The van der Waals surface area contributed by atoms with Crippen LogP contribution in [0, 0.1) is 0 Å². The largest absolute Gasteiger partial charge is 0.306 e. The highest BCUT2D eigenvalue weighted by atomic mass is 79.9. The Kier molecular flexibility index (Phi) is 4.51. The molecule has 0 saturated heterocycles. The van der Waals surface area contributed by atoms with Crippen LogP contribution in [0.3, 0.4) is 0 Å². The number of nitrogens with one attached hydrogen (secondary N) is 1. The normalized spacial score (nSPS) is 12.9. The van der Waals surface area contributed by atoms with Gasteiger partial charge >= 0.3 is 0 Å². The number of hydrogen-bond acceptors (Lipinski definition) is 4. The molecule has 20 heavy (non-hydrogen) atoms. The molecule has 0 saturated carbocycles. The minimum Gasteiger partial charge on any atom is -0.306 e. The number of hydrogen-bond donors (Lipinski definition) is 1. The molecule has 0 radical (unpaired) electrons. The molecule has 1 atom stereocenters. The van der Waals surface area contributed by atoms with Crippen molar-refractivity contribution < 1.29 is 0 Å². The van der Waals surface area contributed by atoms with E-state index in [0.717, 1.165) is 18.5 Å². The topological polar surface area (TPSA) is 24.9 Å². The van der Waals surface area contributed by atoms with E-state index in [9.17, 15) is 0 Å². The SMILES string of the molecule is CCCNC(c1cnc2ccsc2c1)c1cscc1Br. The van der Waals surface area contributed by atoms with Crippen LogP contribution in [0.5, 0.6) is 0 Å². The van der Waals surface area contributed by atoms with Crippen LogP contribution in [0.1, 0.15) is 30.5 Å². The Morgan fingerprint density at radius 3 is 3.05 bits per heavy atom. The second kappa shape index (κ2) is 6.35. The van der Waals surface area contributed by atoms with Crippen LogP contribution in [0.25, 0.3) is 10.2 Å². The fourth-order valence-electron chi connectivity index (χ4n) is 2.21. The fraction of sp³-hybridized carbons (Fsp3) is 0.267. The lowest BCUT2D eigenvalue weighted by molar-refractivity contribution is 0.597. The number of pyridine rings is 1. The van der Waals surface area contributed by atoms with E-state index in [1.54, 1.807) is 22.7 Å². The molecule has 0 bridgehead atoms. The Morgan fingerprint density at radius 1 is 1.40 bits per heavy atom. The van der Waals surface area contributed by atoms with Gasteiger partial charge in [-0.15, -0.1) is 11.3 Å². The van der Waals surface area contributed by atoms with Gasteiger partial charge in [0.15, 0.2) is 0 Å². The summed E-state index contributed by atoms with van der Waals surface area (Å²) in [6.07, 6.45) is 3.11. The van der Waals surface area contributed by atoms with Gasteiger partial charge in [-0.1, -0.05) is 6.92 Å². The lowest BCUT2D eigenvalue weighted by Gasteiger charge is -2.18. The zero-order valence-electron chi connectivity index (χ0n) is 11.1. The number of aromatic nitrogens is 1. The maximum atomic E-state index is 4.57. The predicted molar refractivity (Wildman–Crippen MR) is 91.8 cm³/mol. The number of rotatable bonds is 5. The molecule has 0 fully saturated rings. The molecular weight excluding hydrogens is 352 g/mol. The molecule has 0 aromatic carbocycles. The van der Waals surface area contributed by atoms with Crippen LogP contribution in [0.2, 0.25) is 0 Å². The van der Waals surface area contributed by atoms with Gasteiger partial charge < -0.3 is 5.32 Å². The van der Waals surface area contributed by atoms with E-state index < -0.39 is 0 Å². The van der Waals surface area contributed by atoms with E-state index in [1.165, 1.54) is 20.3 Å². The summed E-state index contributed by atoms with van der Waals surface area (Å²) in [5, 5.41) is 10.1. The Morgan fingerprint density at radius 2 is 2.30 bits per heavy atom. The van der Waals surface area contributed by atoms with E-state index >= 15 is 0 Å². The van der Waals surface area contributed by atoms with Gasteiger partial charge in [-0.3, -0.25) is 4.98 Å². The number of fused-ring (bicyclic) bond motifs is 1. The van der Waals surface area contributed by atoms with Crippen LogP contribution < -0.4 is 5.32 Å². The summed E-state index contributed by atoms with van der Waals surface area (Å²) in [5.41, 5.74) is 3.60. The highest BCUT2D eigenvalue weighted by molar-refractivity contribution is 9.10. The van der Waals surface area contributed by atoms with Crippen LogP contribution in [0.15, 0.2) is 38.9 Å². The molecule has 3 heterocycles. The molecule has 2 nitrogen and oxygen atoms in total. The second-order valence-electron chi connectivity index (χ2n) is 4.63. The first-order chi connectivity index (χ1) is 9.79. The lowest BCUT2D eigenvalue weighted by Crippen LogP contribution is -2.23. The van der Waals surface area contributed by atoms with Crippen molar-refractivity contribution >= 4 is 48.8 Å². The van der Waals surface area contributed by atoms with Crippen molar-refractivity contribution in [3.63, 3.8) is 0 Å². The van der Waals surface area contributed by atoms with Crippen LogP contribution in [0.4, 0.5) is 0 Å². The average Bonchev–Trinajstić information content (AvgIpc) is 3.08. The number of thiophene rings is 2. The van der Waals surface area contributed by atoms with Crippen molar-refractivity contribution in [2.45, 2.75) is 19.4 Å². The summed E-state index contributed by atoms with van der Waals surface area (Å²) < 4.78 is 2.42. The molecule has 0 amide bonds. The first-order valence-corrected chi connectivity index (χ1v) is 9.19. The number of halogens is 1. The Bertz CT molecular complexity index is 705. The van der Waals surface area contributed by atoms with Gasteiger partial charge in [0.25, 0.3) is 0 Å². The summed E-state index contributed by atoms with van der Waals surface area (Å²) in [7, 11) is 0. The summed E-state index contributed by atoms with van der Waals surface area (Å²) in [6, 6.07) is 4.53. The fourth-order valence-corrected chi connectivity index (χ4v) is 4.55. The second-order valence-corrected chi connectivity index (χ2v) is 7.18. The third-order valence-corrected chi connectivity index (χ3v) is 5.81. The molecule has 0 aliphatic heterocycles. The van der Waals surface area contributed by atoms with Gasteiger partial charge in [0.1, 0.15) is 0 Å². The highest BCUT2D eigenvalue weighted by Gasteiger charge is 2.18. The quantitative estimate of drug-likeness (QED) is 0.670. The molecule has 0 aliphatic carbocycles. The van der Waals surface area contributed by atoms with Crippen LogP contribution in [-0.2, 0) is 0 Å². The van der Waals surface area contributed by atoms with E-state index in [0.29, 0.717) is 0 Å². The van der Waals surface area contributed by atoms with Crippen molar-refractivity contribution in [3.8, 4) is 0 Å². The maximum absolute atomic E-state index is 4.57. The molecule has 1 unspecified atom stereocenters. The molecular formula is C15H15BrN2S2. The molecule has 1 N–H and O–H groups in total. The molecule has 0 aliphatic rings. The van der Waals surface area contributed by atoms with E-state index in [-0.39, 0.29) is 6.04 Å². The minimum absolute atomic E-state index is 0.203. The molecule has 3 rings (SSSR count). The molecule has 104 valence electrons. The monoisotopic (exact) mass is 366 g/mol. The first kappa shape index (κ1) is 14.2. The van der Waals surface area contributed by atoms with Gasteiger partial charge in [-0.05, 0) is 62.9 Å². The van der Waals surface area contributed by atoms with Crippen molar-refractivity contribution in [1.29, 1.82) is 0 Å². The van der Waals surface area contributed by atoms with Gasteiger partial charge in [0, 0.05) is 16.0 Å². The molecule has 0 spiro atoms. The van der Waals surface area contributed by atoms with E-state index in [2.05, 4.69) is 61.4 Å². The van der Waals surface area contributed by atoms with Crippen molar-refractivity contribution in [2.24, 2.45) is 0 Å². The number of nitrogens with zero attached hydrogens (tertiary/aromatic N) is 1. The third kappa shape index (κ3) is 2.81. The predicted octanol–water partition coefficient (Wildman–Crippen LogP) is 5.21. The van der Waals surface area contributed by atoms with Crippen LogP contribution >= 0.6 is 38.6 Å². The zero-order valence-corrected chi connectivity index (χ0v) is 14.3. The van der Waals surface area contributed by atoms with Gasteiger partial charge in [0.2, 0.25) is 0 Å². The Balaban J connectivity index is 2.01. The van der Waals surface area contributed by atoms with Crippen LogP contribution in [-0.4, -0.2) is 11.5 Å². The standard InChI is InChI=1S/C15H15BrN2S2/c1-2-4-17-15(11-8-19-9-12(11)16)10-6-14-13(18-7-10)3-5-20-14/h3,5-9,15,17H,2,4H2,1H3. The van der Waals surface area contributed by atoms with Gasteiger partial charge in [-0.25, -0.2) is 0 Å². The van der Waals surface area contributed by atoms with Crippen molar-refractivity contribution in [1.82, 2.24) is 10.3 Å². The molecule has 3 aromatic rings. The summed E-state index contributed by atoms with van der Waals surface area (Å²) in [5.74, 6) is 0. The minimum atomic E-state index is 0.203.